The van der Waals surface area contributed by atoms with Gasteiger partial charge in [0.25, 0.3) is 0 Å². The van der Waals surface area contributed by atoms with Crippen LogP contribution in [0, 0.1) is 5.92 Å². The highest BCUT2D eigenvalue weighted by atomic mass is 35.5. The van der Waals surface area contributed by atoms with Gasteiger partial charge in [-0.25, -0.2) is 13.2 Å². The van der Waals surface area contributed by atoms with E-state index in [1.54, 1.807) is 12.1 Å². The molecule has 0 aromatic heterocycles. The fourth-order valence-electron chi connectivity index (χ4n) is 5.54. The van der Waals surface area contributed by atoms with Gasteiger partial charge in [0, 0.05) is 25.7 Å². The normalized spacial score (nSPS) is 14.7. The van der Waals surface area contributed by atoms with Crippen LogP contribution in [0.25, 0.3) is 11.1 Å². The number of likely N-dealkylation sites (N-methyl/N-ethyl adjacent to an activating group) is 1. The summed E-state index contributed by atoms with van der Waals surface area (Å²) in [7, 11) is -1.24. The SMILES string of the molecule is COc1ccc(-c2ccc(C(=O)O)c(Cl)c2)cc1S(=O)(=O)N(C)C[C@H](O)CNC(C)(C)CC1Cc2ccccc2C1. The highest BCUT2D eigenvalue weighted by molar-refractivity contribution is 7.89. The molecule has 8 nitrogen and oxygen atoms in total. The Morgan fingerprint density at radius 1 is 1.10 bits per heavy atom. The molecule has 0 saturated carbocycles. The minimum absolute atomic E-state index is 0.0448. The Morgan fingerprint density at radius 3 is 2.29 bits per heavy atom. The summed E-state index contributed by atoms with van der Waals surface area (Å²) >= 11 is 6.13. The van der Waals surface area contributed by atoms with Crippen molar-refractivity contribution in [3.05, 3.63) is 82.4 Å². The predicted octanol–water partition coefficient (Wildman–Crippen LogP) is 4.87. The lowest BCUT2D eigenvalue weighted by Gasteiger charge is -2.31. The molecular weight excluding hydrogens is 564 g/mol. The smallest absolute Gasteiger partial charge is 0.337 e. The van der Waals surface area contributed by atoms with Crippen molar-refractivity contribution >= 4 is 27.6 Å². The van der Waals surface area contributed by atoms with Gasteiger partial charge in [0.2, 0.25) is 10.0 Å². The van der Waals surface area contributed by atoms with Gasteiger partial charge in [-0.05, 0) is 85.5 Å². The Kier molecular flexibility index (Phi) is 9.45. The van der Waals surface area contributed by atoms with Crippen LogP contribution in [0.2, 0.25) is 5.02 Å². The largest absolute Gasteiger partial charge is 0.495 e. The number of hydrogen-bond acceptors (Lipinski definition) is 6. The number of ether oxygens (including phenoxy) is 1. The Bertz CT molecular complexity index is 1500. The standard InChI is InChI=1S/C31H37ClN2O6S/c1-31(2,17-20-13-21-7-5-6-8-22(21)14-20)33-18-25(35)19-34(3)41(38,39)29-16-24(10-12-28(29)40-4)23-9-11-26(30(36)37)27(32)15-23/h5-12,15-16,20,25,33,35H,13-14,17-19H2,1-4H3,(H,36,37)/t25-/m1/s1. The molecule has 0 amide bonds. The zero-order chi connectivity index (χ0) is 29.9. The molecule has 10 heteroatoms. The number of fused-ring (bicyclic) bond motifs is 1. The molecule has 0 fully saturated rings. The van der Waals surface area contributed by atoms with Crippen molar-refractivity contribution in [2.24, 2.45) is 5.92 Å². The fraction of sp³-hybridized carbons (Fsp3) is 0.387. The number of benzene rings is 3. The van der Waals surface area contributed by atoms with Crippen molar-refractivity contribution in [3.8, 4) is 16.9 Å². The first-order valence-electron chi connectivity index (χ1n) is 13.5. The number of rotatable bonds is 12. The van der Waals surface area contributed by atoms with Gasteiger partial charge in [0.1, 0.15) is 10.6 Å². The number of carbonyl (C=O) groups is 1. The Labute approximate surface area is 247 Å². The average Bonchev–Trinajstić information content (AvgIpc) is 3.32. The molecule has 1 aliphatic rings. The van der Waals surface area contributed by atoms with Crippen molar-refractivity contribution < 1.29 is 28.2 Å². The first-order chi connectivity index (χ1) is 19.3. The number of nitrogens with one attached hydrogen (secondary N) is 1. The Morgan fingerprint density at radius 2 is 1.71 bits per heavy atom. The molecule has 41 heavy (non-hydrogen) atoms. The van der Waals surface area contributed by atoms with Crippen LogP contribution in [0.4, 0.5) is 0 Å². The first kappa shape index (κ1) is 31.0. The van der Waals surface area contributed by atoms with Gasteiger partial charge in [-0.15, -0.1) is 0 Å². The third kappa shape index (κ3) is 7.28. The van der Waals surface area contributed by atoms with Crippen LogP contribution in [0.15, 0.2) is 65.6 Å². The summed E-state index contributed by atoms with van der Waals surface area (Å²) in [5, 5.41) is 23.5. The quantitative estimate of drug-likeness (QED) is 0.272. The van der Waals surface area contributed by atoms with E-state index in [4.69, 9.17) is 16.3 Å². The number of methoxy groups -OCH3 is 1. The van der Waals surface area contributed by atoms with E-state index in [1.165, 1.54) is 49.5 Å². The summed E-state index contributed by atoms with van der Waals surface area (Å²) in [6, 6.07) is 17.6. The molecule has 3 aromatic carbocycles. The van der Waals surface area contributed by atoms with E-state index in [-0.39, 0.29) is 39.9 Å². The molecule has 3 aromatic rings. The number of nitrogens with zero attached hydrogens (tertiary/aromatic N) is 1. The van der Waals surface area contributed by atoms with E-state index in [0.717, 1.165) is 23.6 Å². The van der Waals surface area contributed by atoms with E-state index < -0.39 is 22.1 Å². The van der Waals surface area contributed by atoms with Gasteiger partial charge in [0.05, 0.1) is 23.8 Å². The molecule has 0 bridgehead atoms. The summed E-state index contributed by atoms with van der Waals surface area (Å²) in [6.45, 7) is 4.33. The van der Waals surface area contributed by atoms with Crippen molar-refractivity contribution in [2.75, 3.05) is 27.2 Å². The lowest BCUT2D eigenvalue weighted by molar-refractivity contribution is 0.0697. The van der Waals surface area contributed by atoms with Crippen LogP contribution in [-0.4, -0.2) is 67.8 Å². The lowest BCUT2D eigenvalue weighted by atomic mass is 9.88. The van der Waals surface area contributed by atoms with Gasteiger partial charge in [0.15, 0.2) is 0 Å². The van der Waals surface area contributed by atoms with E-state index >= 15 is 0 Å². The fourth-order valence-corrected chi connectivity index (χ4v) is 7.18. The van der Waals surface area contributed by atoms with Gasteiger partial charge in [-0.2, -0.15) is 4.31 Å². The molecule has 0 spiro atoms. The van der Waals surface area contributed by atoms with Crippen LogP contribution >= 0.6 is 11.6 Å². The van der Waals surface area contributed by atoms with Crippen molar-refractivity contribution in [1.82, 2.24) is 9.62 Å². The van der Waals surface area contributed by atoms with Crippen molar-refractivity contribution in [3.63, 3.8) is 0 Å². The van der Waals surface area contributed by atoms with Crippen LogP contribution in [0.5, 0.6) is 5.75 Å². The Hall–Kier alpha value is -2.95. The molecule has 3 N–H and O–H groups in total. The molecule has 0 heterocycles. The number of sulfonamides is 1. The molecule has 0 saturated heterocycles. The second-order valence-electron chi connectivity index (χ2n) is 11.3. The van der Waals surface area contributed by atoms with E-state index in [1.807, 2.05) is 0 Å². The number of carboxylic acid groups (broad SMARTS) is 1. The Balaban J connectivity index is 1.42. The van der Waals surface area contributed by atoms with Crippen LogP contribution in [0.3, 0.4) is 0 Å². The number of hydrogen-bond donors (Lipinski definition) is 3. The van der Waals surface area contributed by atoms with Crippen LogP contribution in [-0.2, 0) is 22.9 Å². The van der Waals surface area contributed by atoms with Gasteiger partial charge < -0.3 is 20.3 Å². The maximum Gasteiger partial charge on any atom is 0.337 e. The number of halogens is 1. The monoisotopic (exact) mass is 600 g/mol. The van der Waals surface area contributed by atoms with Crippen molar-refractivity contribution in [2.45, 2.75) is 49.6 Å². The predicted molar refractivity (Wildman–Crippen MR) is 160 cm³/mol. The minimum Gasteiger partial charge on any atom is -0.495 e. The number of β-amino-alcohol motifs (C(OH)–C–C–N with tert-alkyl or cyclic N) is 1. The third-order valence-corrected chi connectivity index (χ3v) is 9.76. The molecular formula is C31H37ClN2O6S. The van der Waals surface area contributed by atoms with E-state index in [0.29, 0.717) is 17.0 Å². The molecule has 0 unspecified atom stereocenters. The summed E-state index contributed by atoms with van der Waals surface area (Å²) in [6.07, 6.45) is 2.08. The molecule has 1 aliphatic carbocycles. The summed E-state index contributed by atoms with van der Waals surface area (Å²) < 4.78 is 33.6. The third-order valence-electron chi connectivity index (χ3n) is 7.60. The zero-order valence-corrected chi connectivity index (χ0v) is 25.3. The molecule has 0 aliphatic heterocycles. The maximum atomic E-state index is 13.6. The maximum absolute atomic E-state index is 13.6. The van der Waals surface area contributed by atoms with E-state index in [9.17, 15) is 23.4 Å². The topological polar surface area (TPSA) is 116 Å². The first-order valence-corrected chi connectivity index (χ1v) is 15.3. The number of aliphatic hydroxyl groups is 1. The molecule has 220 valence electrons. The highest BCUT2D eigenvalue weighted by Gasteiger charge is 2.30. The minimum atomic E-state index is -4.05. The van der Waals surface area contributed by atoms with Gasteiger partial charge in [-0.3, -0.25) is 0 Å². The highest BCUT2D eigenvalue weighted by Crippen LogP contribution is 2.34. The average molecular weight is 601 g/mol. The molecule has 1 atom stereocenters. The second kappa shape index (κ2) is 12.5. The molecule has 4 rings (SSSR count). The summed E-state index contributed by atoms with van der Waals surface area (Å²) in [5.41, 5.74) is 3.60. The van der Waals surface area contributed by atoms with E-state index in [2.05, 4.69) is 43.4 Å². The summed E-state index contributed by atoms with van der Waals surface area (Å²) in [4.78, 5) is 11.2. The lowest BCUT2D eigenvalue weighted by Crippen LogP contribution is -2.47. The summed E-state index contributed by atoms with van der Waals surface area (Å²) in [5.74, 6) is -0.480. The molecule has 0 radical (unpaired) electrons. The van der Waals surface area contributed by atoms with Crippen LogP contribution in [0.1, 0.15) is 41.8 Å². The van der Waals surface area contributed by atoms with Crippen molar-refractivity contribution in [1.29, 1.82) is 0 Å². The zero-order valence-electron chi connectivity index (χ0n) is 23.7. The van der Waals surface area contributed by atoms with Crippen LogP contribution < -0.4 is 10.1 Å². The number of aromatic carboxylic acids is 1. The van der Waals surface area contributed by atoms with Gasteiger partial charge in [-0.1, -0.05) is 48.0 Å². The number of aliphatic hydroxyl groups excluding tert-OH is 1. The second-order valence-corrected chi connectivity index (χ2v) is 13.7. The number of carboxylic acids is 1. The van der Waals surface area contributed by atoms with Gasteiger partial charge >= 0.3 is 5.97 Å².